The molecule has 2 N–H and O–H groups in total. The van der Waals surface area contributed by atoms with E-state index in [4.69, 9.17) is 11.6 Å². The second kappa shape index (κ2) is 8.34. The monoisotopic (exact) mass is 336 g/mol. The highest BCUT2D eigenvalue weighted by molar-refractivity contribution is 6.30. The van der Waals surface area contributed by atoms with Crippen molar-refractivity contribution < 1.29 is 9.59 Å². The Morgan fingerprint density at radius 3 is 2.43 bits per heavy atom. The first-order chi connectivity index (χ1) is 11.0. The third-order valence-corrected chi connectivity index (χ3v) is 4.32. The Hall–Kier alpha value is -1.55. The highest BCUT2D eigenvalue weighted by Crippen LogP contribution is 2.38. The van der Waals surface area contributed by atoms with Crippen molar-refractivity contribution >= 4 is 23.4 Å². The largest absolute Gasteiger partial charge is 0.356 e. The van der Waals surface area contributed by atoms with Gasteiger partial charge in [-0.25, -0.2) is 0 Å². The molecule has 2 amide bonds. The quantitative estimate of drug-likeness (QED) is 0.767. The normalized spacial score (nSPS) is 19.5. The summed E-state index contributed by atoms with van der Waals surface area (Å²) in [4.78, 5) is 24.0. The van der Waals surface area contributed by atoms with Gasteiger partial charge in [-0.05, 0) is 42.9 Å². The predicted molar refractivity (Wildman–Crippen MR) is 92.2 cm³/mol. The molecule has 0 spiro atoms. The van der Waals surface area contributed by atoms with Gasteiger partial charge in [0.2, 0.25) is 11.8 Å². The van der Waals surface area contributed by atoms with Crippen LogP contribution < -0.4 is 10.6 Å². The van der Waals surface area contributed by atoms with Gasteiger partial charge >= 0.3 is 0 Å². The zero-order chi connectivity index (χ0) is 16.8. The van der Waals surface area contributed by atoms with Crippen LogP contribution >= 0.6 is 11.6 Å². The average molecular weight is 337 g/mol. The number of benzene rings is 1. The number of nitrogens with one attached hydrogen (secondary N) is 2. The van der Waals surface area contributed by atoms with Gasteiger partial charge < -0.3 is 10.6 Å². The van der Waals surface area contributed by atoms with E-state index in [9.17, 15) is 9.59 Å². The van der Waals surface area contributed by atoms with Gasteiger partial charge in [-0.3, -0.25) is 9.59 Å². The SMILES string of the molecule is CC(C)CCNC(=O)C1CC1C(=O)NCCc1cccc(Cl)c1. The van der Waals surface area contributed by atoms with E-state index < -0.39 is 0 Å². The molecule has 5 heteroatoms. The molecule has 0 bridgehead atoms. The van der Waals surface area contributed by atoms with Gasteiger partial charge in [-0.15, -0.1) is 0 Å². The Morgan fingerprint density at radius 1 is 1.17 bits per heavy atom. The number of rotatable bonds is 8. The molecule has 1 aromatic rings. The van der Waals surface area contributed by atoms with Gasteiger partial charge in [0.15, 0.2) is 0 Å². The molecule has 4 nitrogen and oxygen atoms in total. The minimum atomic E-state index is -0.159. The lowest BCUT2D eigenvalue weighted by Crippen LogP contribution is -2.31. The van der Waals surface area contributed by atoms with Gasteiger partial charge in [0.05, 0.1) is 11.8 Å². The standard InChI is InChI=1S/C18H25ClN2O2/c1-12(2)6-8-20-17(22)15-11-16(15)18(23)21-9-7-13-4-3-5-14(19)10-13/h3-5,10,12,15-16H,6-9,11H2,1-2H3,(H,20,22)(H,21,23). The first kappa shape index (κ1) is 17.8. The van der Waals surface area contributed by atoms with E-state index in [1.54, 1.807) is 0 Å². The molecule has 2 rings (SSSR count). The number of carbonyl (C=O) groups is 2. The van der Waals surface area contributed by atoms with Gasteiger partial charge in [0, 0.05) is 18.1 Å². The molecule has 2 unspecified atom stereocenters. The maximum Gasteiger partial charge on any atom is 0.223 e. The van der Waals surface area contributed by atoms with E-state index in [1.807, 2.05) is 24.3 Å². The van der Waals surface area contributed by atoms with Crippen molar-refractivity contribution in [3.8, 4) is 0 Å². The Labute approximate surface area is 143 Å². The van der Waals surface area contributed by atoms with Gasteiger partial charge in [-0.2, -0.15) is 0 Å². The van der Waals surface area contributed by atoms with Gasteiger partial charge in [0.1, 0.15) is 0 Å². The third kappa shape index (κ3) is 5.87. The molecule has 0 aromatic heterocycles. The summed E-state index contributed by atoms with van der Waals surface area (Å²) in [6, 6.07) is 7.62. The molecular weight excluding hydrogens is 312 g/mol. The Kier molecular flexibility index (Phi) is 6.46. The van der Waals surface area contributed by atoms with Crippen molar-refractivity contribution in [2.45, 2.75) is 33.1 Å². The molecule has 0 heterocycles. The Bertz CT molecular complexity index is 560. The minimum Gasteiger partial charge on any atom is -0.356 e. The number of amides is 2. The fourth-order valence-corrected chi connectivity index (χ4v) is 2.76. The molecule has 1 aliphatic rings. The lowest BCUT2D eigenvalue weighted by molar-refractivity contribution is -0.127. The summed E-state index contributed by atoms with van der Waals surface area (Å²) in [6.07, 6.45) is 2.37. The number of carbonyl (C=O) groups excluding carboxylic acids is 2. The van der Waals surface area contributed by atoms with Crippen molar-refractivity contribution in [1.29, 1.82) is 0 Å². The van der Waals surface area contributed by atoms with E-state index in [-0.39, 0.29) is 23.7 Å². The molecule has 1 aliphatic carbocycles. The molecule has 1 fully saturated rings. The van der Waals surface area contributed by atoms with E-state index in [0.29, 0.717) is 30.5 Å². The topological polar surface area (TPSA) is 58.2 Å². The molecule has 23 heavy (non-hydrogen) atoms. The van der Waals surface area contributed by atoms with Gasteiger partial charge in [-0.1, -0.05) is 37.6 Å². The van der Waals surface area contributed by atoms with Crippen LogP contribution in [0.4, 0.5) is 0 Å². The van der Waals surface area contributed by atoms with E-state index >= 15 is 0 Å². The second-order valence-corrected chi connectivity index (χ2v) is 7.03. The van der Waals surface area contributed by atoms with Crippen LogP contribution in [0.15, 0.2) is 24.3 Å². The molecule has 1 aromatic carbocycles. The van der Waals surface area contributed by atoms with Crippen LogP contribution in [0, 0.1) is 17.8 Å². The molecule has 0 radical (unpaired) electrons. The first-order valence-corrected chi connectivity index (χ1v) is 8.65. The molecular formula is C18H25ClN2O2. The van der Waals surface area contributed by atoms with Crippen molar-refractivity contribution in [2.24, 2.45) is 17.8 Å². The van der Waals surface area contributed by atoms with Crippen LogP contribution in [0.3, 0.4) is 0 Å². The molecule has 2 atom stereocenters. The summed E-state index contributed by atoms with van der Waals surface area (Å²) >= 11 is 5.93. The van der Waals surface area contributed by atoms with Crippen molar-refractivity contribution in [3.63, 3.8) is 0 Å². The summed E-state index contributed by atoms with van der Waals surface area (Å²) in [6.45, 7) is 5.51. The Morgan fingerprint density at radius 2 is 1.83 bits per heavy atom. The van der Waals surface area contributed by atoms with Crippen LogP contribution in [0.2, 0.25) is 5.02 Å². The first-order valence-electron chi connectivity index (χ1n) is 8.27. The van der Waals surface area contributed by atoms with Crippen LogP contribution in [0.1, 0.15) is 32.3 Å². The number of hydrogen-bond acceptors (Lipinski definition) is 2. The summed E-state index contributed by atoms with van der Waals surface area (Å²) in [5.74, 6) is 0.263. The Balaban J connectivity index is 1.64. The third-order valence-electron chi connectivity index (χ3n) is 4.09. The summed E-state index contributed by atoms with van der Waals surface area (Å²) < 4.78 is 0. The second-order valence-electron chi connectivity index (χ2n) is 6.59. The van der Waals surface area contributed by atoms with Crippen molar-refractivity contribution in [1.82, 2.24) is 10.6 Å². The zero-order valence-electron chi connectivity index (χ0n) is 13.8. The van der Waals surface area contributed by atoms with E-state index in [1.165, 1.54) is 0 Å². The van der Waals surface area contributed by atoms with Crippen molar-refractivity contribution in [3.05, 3.63) is 34.9 Å². The van der Waals surface area contributed by atoms with Crippen LogP contribution in [-0.4, -0.2) is 24.9 Å². The number of halogens is 1. The highest BCUT2D eigenvalue weighted by atomic mass is 35.5. The average Bonchev–Trinajstić information content (AvgIpc) is 3.27. The summed E-state index contributed by atoms with van der Waals surface area (Å²) in [5.41, 5.74) is 1.09. The molecule has 0 saturated heterocycles. The lowest BCUT2D eigenvalue weighted by atomic mass is 10.1. The van der Waals surface area contributed by atoms with Crippen LogP contribution in [0.5, 0.6) is 0 Å². The van der Waals surface area contributed by atoms with Crippen LogP contribution in [0.25, 0.3) is 0 Å². The fourth-order valence-electron chi connectivity index (χ4n) is 2.54. The zero-order valence-corrected chi connectivity index (χ0v) is 14.5. The summed E-state index contributed by atoms with van der Waals surface area (Å²) in [5, 5.41) is 6.53. The lowest BCUT2D eigenvalue weighted by Gasteiger charge is -2.07. The minimum absolute atomic E-state index is 0.0145. The number of hydrogen-bond donors (Lipinski definition) is 2. The van der Waals surface area contributed by atoms with E-state index in [2.05, 4.69) is 24.5 Å². The summed E-state index contributed by atoms with van der Waals surface area (Å²) in [7, 11) is 0. The van der Waals surface area contributed by atoms with Crippen molar-refractivity contribution in [2.75, 3.05) is 13.1 Å². The molecule has 0 aliphatic heterocycles. The molecule has 126 valence electrons. The highest BCUT2D eigenvalue weighted by Gasteiger charge is 2.47. The van der Waals surface area contributed by atoms with E-state index in [0.717, 1.165) is 18.4 Å². The predicted octanol–water partition coefficient (Wildman–Crippen LogP) is 2.80. The van der Waals surface area contributed by atoms with Crippen LogP contribution in [-0.2, 0) is 16.0 Å². The van der Waals surface area contributed by atoms with Gasteiger partial charge in [0.25, 0.3) is 0 Å². The fraction of sp³-hybridized carbons (Fsp3) is 0.556. The molecule has 1 saturated carbocycles. The smallest absolute Gasteiger partial charge is 0.223 e. The maximum absolute atomic E-state index is 12.0. The maximum atomic E-state index is 12.0.